The van der Waals surface area contributed by atoms with Crippen LogP contribution >= 0.6 is 0 Å². The second-order valence-corrected chi connectivity index (χ2v) is 8.96. The molecule has 5 atom stereocenters. The first-order chi connectivity index (χ1) is 15.2. The van der Waals surface area contributed by atoms with E-state index in [9.17, 15) is 10.2 Å². The third-order valence-corrected chi connectivity index (χ3v) is 6.95. The first kappa shape index (κ1) is 21.1. The minimum absolute atomic E-state index is 0.115. The highest BCUT2D eigenvalue weighted by Crippen LogP contribution is 2.34. The van der Waals surface area contributed by atoms with E-state index in [0.717, 1.165) is 38.1 Å². The van der Waals surface area contributed by atoms with Crippen LogP contribution < -0.4 is 5.32 Å². The van der Waals surface area contributed by atoms with Crippen molar-refractivity contribution in [3.8, 4) is 0 Å². The summed E-state index contributed by atoms with van der Waals surface area (Å²) in [7, 11) is 0. The molecule has 5 rings (SSSR count). The first-order valence-corrected chi connectivity index (χ1v) is 11.4. The van der Waals surface area contributed by atoms with Gasteiger partial charge in [0.2, 0.25) is 0 Å². The van der Waals surface area contributed by atoms with Crippen LogP contribution in [-0.4, -0.2) is 65.4 Å². The summed E-state index contributed by atoms with van der Waals surface area (Å²) in [6.45, 7) is 2.73. The van der Waals surface area contributed by atoms with Crippen molar-refractivity contribution in [2.24, 2.45) is 5.92 Å². The number of benzene rings is 1. The third-order valence-electron chi connectivity index (χ3n) is 6.95. The van der Waals surface area contributed by atoms with Crippen molar-refractivity contribution in [3.63, 3.8) is 0 Å². The molecule has 3 N–H and O–H groups in total. The van der Waals surface area contributed by atoms with Crippen LogP contribution in [0.2, 0.25) is 0 Å². The van der Waals surface area contributed by atoms with E-state index in [2.05, 4.69) is 40.5 Å². The molecule has 3 aliphatic rings. The molecule has 31 heavy (non-hydrogen) atoms. The molecule has 3 aliphatic heterocycles. The van der Waals surface area contributed by atoms with E-state index in [0.29, 0.717) is 24.8 Å². The fourth-order valence-corrected chi connectivity index (χ4v) is 5.26. The lowest BCUT2D eigenvalue weighted by Crippen LogP contribution is -2.65. The summed E-state index contributed by atoms with van der Waals surface area (Å²) in [5.41, 5.74) is 1.40. The molecule has 4 heterocycles. The zero-order valence-corrected chi connectivity index (χ0v) is 17.7. The molecule has 0 spiro atoms. The maximum absolute atomic E-state index is 11.3. The van der Waals surface area contributed by atoms with Crippen molar-refractivity contribution in [2.75, 3.05) is 19.7 Å². The summed E-state index contributed by atoms with van der Waals surface area (Å²) in [4.78, 5) is 2.35. The molecule has 2 bridgehead atoms. The average Bonchev–Trinajstić information content (AvgIpc) is 3.44. The number of furan rings is 1. The summed E-state index contributed by atoms with van der Waals surface area (Å²) >= 11 is 0. The lowest BCUT2D eigenvalue weighted by Gasteiger charge is -2.46. The predicted octanol–water partition coefficient (Wildman–Crippen LogP) is 1.67. The smallest absolute Gasteiger partial charge is 0.176 e. The van der Waals surface area contributed by atoms with E-state index in [1.807, 2.05) is 6.07 Å². The minimum Gasteiger partial charge on any atom is -0.462 e. The molecular formula is C24H32N2O5. The molecule has 0 saturated carbocycles. The van der Waals surface area contributed by atoms with Crippen LogP contribution in [0.3, 0.4) is 0 Å². The Morgan fingerprint density at radius 3 is 2.55 bits per heavy atom. The number of nitrogens with zero attached hydrogens (tertiary/aromatic N) is 1. The van der Waals surface area contributed by atoms with Gasteiger partial charge in [-0.1, -0.05) is 30.3 Å². The Kier molecular flexibility index (Phi) is 6.41. The van der Waals surface area contributed by atoms with Crippen LogP contribution in [0.4, 0.5) is 0 Å². The first-order valence-electron chi connectivity index (χ1n) is 11.4. The second-order valence-electron chi connectivity index (χ2n) is 8.96. The lowest BCUT2D eigenvalue weighted by molar-refractivity contribution is -0.186. The van der Waals surface area contributed by atoms with Gasteiger partial charge in [-0.3, -0.25) is 4.90 Å². The fourth-order valence-electron chi connectivity index (χ4n) is 5.26. The Morgan fingerprint density at radius 2 is 1.81 bits per heavy atom. The summed E-state index contributed by atoms with van der Waals surface area (Å²) in [5.74, 6) is 1.94. The molecular weight excluding hydrogens is 396 g/mol. The van der Waals surface area contributed by atoms with Gasteiger partial charge in [0.25, 0.3) is 0 Å². The molecule has 3 saturated heterocycles. The van der Waals surface area contributed by atoms with Gasteiger partial charge < -0.3 is 29.4 Å². The number of ether oxygens (including phenoxy) is 2. The molecule has 1 aromatic heterocycles. The van der Waals surface area contributed by atoms with Crippen molar-refractivity contribution in [1.82, 2.24) is 10.2 Å². The van der Waals surface area contributed by atoms with Crippen molar-refractivity contribution in [1.29, 1.82) is 0 Å². The minimum atomic E-state index is -0.579. The average molecular weight is 429 g/mol. The molecule has 0 unspecified atom stereocenters. The van der Waals surface area contributed by atoms with Gasteiger partial charge in [0.15, 0.2) is 6.29 Å². The number of aliphatic hydroxyl groups is 2. The topological polar surface area (TPSA) is 87.3 Å². The van der Waals surface area contributed by atoms with Crippen LogP contribution in [-0.2, 0) is 29.0 Å². The maximum Gasteiger partial charge on any atom is 0.176 e. The number of nitrogens with one attached hydrogen (secondary N) is 1. The van der Waals surface area contributed by atoms with E-state index < -0.39 is 6.10 Å². The van der Waals surface area contributed by atoms with Gasteiger partial charge in [-0.25, -0.2) is 0 Å². The van der Waals surface area contributed by atoms with Crippen molar-refractivity contribution >= 4 is 0 Å². The van der Waals surface area contributed by atoms with Crippen LogP contribution in [0, 0.1) is 5.92 Å². The van der Waals surface area contributed by atoms with E-state index in [1.54, 1.807) is 6.07 Å². The van der Waals surface area contributed by atoms with Crippen molar-refractivity contribution in [3.05, 3.63) is 59.5 Å². The third kappa shape index (κ3) is 4.58. The van der Waals surface area contributed by atoms with Gasteiger partial charge in [0, 0.05) is 0 Å². The highest BCUT2D eigenvalue weighted by molar-refractivity contribution is 5.15. The highest BCUT2D eigenvalue weighted by atomic mass is 16.7. The molecule has 1 aromatic carbocycles. The Balaban J connectivity index is 1.19. The number of rotatable bonds is 7. The Labute approximate surface area is 182 Å². The summed E-state index contributed by atoms with van der Waals surface area (Å²) in [5, 5.41) is 23.8. The van der Waals surface area contributed by atoms with Crippen LogP contribution in [0.25, 0.3) is 0 Å². The van der Waals surface area contributed by atoms with Crippen LogP contribution in [0.5, 0.6) is 0 Å². The number of piperidine rings is 1. The van der Waals surface area contributed by atoms with E-state index in [4.69, 9.17) is 13.9 Å². The number of hydrogen-bond donors (Lipinski definition) is 3. The number of hydrogen-bond acceptors (Lipinski definition) is 7. The Hall–Kier alpha value is -1.74. The maximum atomic E-state index is 11.3. The van der Waals surface area contributed by atoms with E-state index in [-0.39, 0.29) is 31.1 Å². The quantitative estimate of drug-likeness (QED) is 0.618. The SMILES string of the molecule is OCc1ccc(CN[C@H]2[C@H](O)[C@@H](N3CCC(Cc4ccccc4)CC3)[C@@H]3OC[C@H]2O3)o1. The molecule has 0 amide bonds. The second kappa shape index (κ2) is 9.40. The molecule has 7 nitrogen and oxygen atoms in total. The fraction of sp³-hybridized carbons (Fsp3) is 0.583. The van der Waals surface area contributed by atoms with Crippen molar-refractivity contribution in [2.45, 2.75) is 63.0 Å². The molecule has 0 aliphatic carbocycles. The summed E-state index contributed by atoms with van der Waals surface area (Å²) in [6, 6.07) is 13.9. The Bertz CT molecular complexity index is 836. The van der Waals surface area contributed by atoms with Gasteiger partial charge >= 0.3 is 0 Å². The molecule has 3 fully saturated rings. The lowest BCUT2D eigenvalue weighted by atomic mass is 9.87. The normalized spacial score (nSPS) is 31.9. The largest absolute Gasteiger partial charge is 0.462 e. The molecule has 2 aromatic rings. The summed E-state index contributed by atoms with van der Waals surface area (Å²) in [6.07, 6.45) is 2.23. The number of likely N-dealkylation sites (tertiary alicyclic amines) is 1. The standard InChI is InChI=1S/C24H32N2O5/c27-14-19-7-6-18(30-19)13-25-21-20-15-29-24(31-20)22(23(21)28)26-10-8-17(9-11-26)12-16-4-2-1-3-5-16/h1-7,17,20-25,27-28H,8-15H2/t20-,21-,22-,23+,24-/m1/s1. The monoisotopic (exact) mass is 428 g/mol. The van der Waals surface area contributed by atoms with Gasteiger partial charge in [0.05, 0.1) is 31.3 Å². The highest BCUT2D eigenvalue weighted by Gasteiger charge is 2.52. The van der Waals surface area contributed by atoms with Gasteiger partial charge in [-0.15, -0.1) is 0 Å². The van der Waals surface area contributed by atoms with Crippen molar-refractivity contribution < 1.29 is 24.1 Å². The number of fused-ring (bicyclic) bond motifs is 2. The molecule has 7 heteroatoms. The number of aliphatic hydroxyl groups excluding tert-OH is 2. The predicted molar refractivity (Wildman–Crippen MR) is 114 cm³/mol. The van der Waals surface area contributed by atoms with Gasteiger partial charge in [0.1, 0.15) is 24.2 Å². The van der Waals surface area contributed by atoms with Gasteiger partial charge in [-0.05, 0) is 56.0 Å². The molecule has 168 valence electrons. The summed E-state index contributed by atoms with van der Waals surface area (Å²) < 4.78 is 17.6. The zero-order chi connectivity index (χ0) is 21.2. The van der Waals surface area contributed by atoms with E-state index >= 15 is 0 Å². The van der Waals surface area contributed by atoms with Crippen LogP contribution in [0.15, 0.2) is 46.9 Å². The van der Waals surface area contributed by atoms with Crippen LogP contribution in [0.1, 0.15) is 29.9 Å². The Morgan fingerprint density at radius 1 is 1.03 bits per heavy atom. The van der Waals surface area contributed by atoms with Gasteiger partial charge in [-0.2, -0.15) is 0 Å². The van der Waals surface area contributed by atoms with E-state index in [1.165, 1.54) is 5.56 Å². The molecule has 0 radical (unpaired) electrons. The zero-order valence-electron chi connectivity index (χ0n) is 17.7.